The molecule has 1 heterocycles. The number of carbonyl (C=O) groups is 1. The van der Waals surface area contributed by atoms with Crippen molar-refractivity contribution in [3.05, 3.63) is 26.3 Å². The summed E-state index contributed by atoms with van der Waals surface area (Å²) in [5.41, 5.74) is 1.28. The number of thiazole rings is 1. The molecule has 1 N–H and O–H groups in total. The summed E-state index contributed by atoms with van der Waals surface area (Å²) in [4.78, 5) is 23.2. The van der Waals surface area contributed by atoms with E-state index in [0.29, 0.717) is 11.3 Å². The predicted molar refractivity (Wildman–Crippen MR) is 44.7 cm³/mol. The van der Waals surface area contributed by atoms with E-state index in [0.717, 1.165) is 17.6 Å². The Balaban J connectivity index is 2.95. The lowest BCUT2D eigenvalue weighted by molar-refractivity contribution is -0.104. The quantitative estimate of drug-likeness (QED) is 0.531. The highest BCUT2D eigenvalue weighted by Gasteiger charge is 1.91. The Labute approximate surface area is 67.4 Å². The zero-order valence-corrected chi connectivity index (χ0v) is 6.77. The van der Waals surface area contributed by atoms with Crippen LogP contribution in [0.2, 0.25) is 0 Å². The zero-order chi connectivity index (χ0) is 8.27. The zero-order valence-electron chi connectivity index (χ0n) is 5.96. The van der Waals surface area contributed by atoms with Crippen molar-refractivity contribution < 1.29 is 4.79 Å². The molecular formula is C7H7NO2S. The normalized spacial score (nSPS) is 11.5. The van der Waals surface area contributed by atoms with E-state index in [4.69, 9.17) is 0 Å². The lowest BCUT2D eigenvalue weighted by Crippen LogP contribution is -1.92. The molecule has 58 valence electrons. The van der Waals surface area contributed by atoms with Crippen molar-refractivity contribution in [1.82, 2.24) is 4.98 Å². The van der Waals surface area contributed by atoms with Gasteiger partial charge in [0, 0.05) is 5.38 Å². The molecule has 4 heteroatoms. The number of H-pyrrole nitrogens is 1. The molecule has 0 atom stereocenters. The fraction of sp³-hybridized carbons (Fsp3) is 0.143. The Morgan fingerprint density at radius 2 is 2.45 bits per heavy atom. The Kier molecular flexibility index (Phi) is 2.38. The van der Waals surface area contributed by atoms with Gasteiger partial charge in [-0.3, -0.25) is 9.59 Å². The first-order chi connectivity index (χ1) is 5.22. The fourth-order valence-corrected chi connectivity index (χ4v) is 1.18. The van der Waals surface area contributed by atoms with E-state index in [9.17, 15) is 9.59 Å². The van der Waals surface area contributed by atoms with E-state index in [2.05, 4.69) is 4.98 Å². The van der Waals surface area contributed by atoms with Crippen molar-refractivity contribution in [3.63, 3.8) is 0 Å². The number of carbonyl (C=O) groups excluding carboxylic acids is 1. The molecule has 0 aliphatic carbocycles. The molecule has 0 unspecified atom stereocenters. The van der Waals surface area contributed by atoms with Crippen molar-refractivity contribution in [2.24, 2.45) is 0 Å². The van der Waals surface area contributed by atoms with E-state index in [1.165, 1.54) is 0 Å². The van der Waals surface area contributed by atoms with Gasteiger partial charge in [0.05, 0.1) is 5.69 Å². The maximum absolute atomic E-state index is 10.6. The fourth-order valence-electron chi connectivity index (χ4n) is 0.643. The molecule has 0 fully saturated rings. The number of hydrogen-bond acceptors (Lipinski definition) is 3. The molecule has 0 aromatic carbocycles. The second-order valence-corrected chi connectivity index (χ2v) is 2.95. The summed E-state index contributed by atoms with van der Waals surface area (Å²) < 4.78 is 0. The summed E-state index contributed by atoms with van der Waals surface area (Å²) >= 11 is 1.09. The van der Waals surface area contributed by atoms with Gasteiger partial charge in [0.15, 0.2) is 0 Å². The molecule has 1 rings (SSSR count). The van der Waals surface area contributed by atoms with Gasteiger partial charge in [-0.15, -0.1) is 0 Å². The molecule has 1 aromatic heterocycles. The molecule has 11 heavy (non-hydrogen) atoms. The summed E-state index contributed by atoms with van der Waals surface area (Å²) in [5, 5.41) is 1.68. The van der Waals surface area contributed by atoms with Crippen LogP contribution < -0.4 is 4.87 Å². The lowest BCUT2D eigenvalue weighted by Gasteiger charge is -1.84. The van der Waals surface area contributed by atoms with E-state index in [1.54, 1.807) is 18.4 Å². The third kappa shape index (κ3) is 2.16. The number of aldehydes is 1. The van der Waals surface area contributed by atoms with Crippen LogP contribution in [0.15, 0.2) is 15.7 Å². The molecule has 0 saturated heterocycles. The standard InChI is InChI=1S/C7H7NO2S/c1-5(3-9)2-6-4-11-7(10)8-6/h2-4H,1H3,(H,8,10)/b5-2+. The number of allylic oxidation sites excluding steroid dienone is 1. The number of aromatic nitrogens is 1. The molecule has 0 bridgehead atoms. The van der Waals surface area contributed by atoms with Crippen molar-refractivity contribution in [2.45, 2.75) is 6.92 Å². The van der Waals surface area contributed by atoms with Gasteiger partial charge in [-0.1, -0.05) is 11.3 Å². The van der Waals surface area contributed by atoms with Crippen LogP contribution in [0.5, 0.6) is 0 Å². The van der Waals surface area contributed by atoms with E-state index in [1.807, 2.05) is 0 Å². The van der Waals surface area contributed by atoms with Crippen LogP contribution in [-0.4, -0.2) is 11.3 Å². The van der Waals surface area contributed by atoms with Crippen LogP contribution in [0.1, 0.15) is 12.6 Å². The summed E-state index contributed by atoms with van der Waals surface area (Å²) in [7, 11) is 0. The highest BCUT2D eigenvalue weighted by molar-refractivity contribution is 7.07. The molecule has 0 aliphatic heterocycles. The number of nitrogens with one attached hydrogen (secondary N) is 1. The minimum Gasteiger partial charge on any atom is -0.313 e. The number of aromatic amines is 1. The van der Waals surface area contributed by atoms with Crippen molar-refractivity contribution in [2.75, 3.05) is 0 Å². The summed E-state index contributed by atoms with van der Waals surface area (Å²) in [6.07, 6.45) is 2.38. The third-order valence-electron chi connectivity index (χ3n) is 1.11. The van der Waals surface area contributed by atoms with Crippen LogP contribution in [0.3, 0.4) is 0 Å². The molecule has 0 amide bonds. The minimum atomic E-state index is -0.102. The molecule has 0 aliphatic rings. The van der Waals surface area contributed by atoms with Crippen molar-refractivity contribution in [1.29, 1.82) is 0 Å². The Morgan fingerprint density at radius 3 is 2.91 bits per heavy atom. The summed E-state index contributed by atoms with van der Waals surface area (Å²) in [6.45, 7) is 1.68. The highest BCUT2D eigenvalue weighted by atomic mass is 32.1. The molecular weight excluding hydrogens is 162 g/mol. The maximum atomic E-state index is 10.6. The summed E-state index contributed by atoms with van der Waals surface area (Å²) in [5.74, 6) is 0. The van der Waals surface area contributed by atoms with Crippen LogP contribution in [0.25, 0.3) is 6.08 Å². The van der Waals surface area contributed by atoms with Crippen molar-refractivity contribution >= 4 is 23.7 Å². The monoisotopic (exact) mass is 169 g/mol. The van der Waals surface area contributed by atoms with Crippen LogP contribution in [0.4, 0.5) is 0 Å². The second kappa shape index (κ2) is 3.30. The maximum Gasteiger partial charge on any atom is 0.304 e. The average molecular weight is 169 g/mol. The minimum absolute atomic E-state index is 0.102. The molecule has 0 spiro atoms. The van der Waals surface area contributed by atoms with Crippen LogP contribution in [-0.2, 0) is 4.79 Å². The first-order valence-electron chi connectivity index (χ1n) is 3.03. The topological polar surface area (TPSA) is 49.9 Å². The second-order valence-electron chi connectivity index (χ2n) is 2.11. The van der Waals surface area contributed by atoms with Gasteiger partial charge >= 0.3 is 4.87 Å². The van der Waals surface area contributed by atoms with Gasteiger partial charge < -0.3 is 4.98 Å². The lowest BCUT2D eigenvalue weighted by atomic mass is 10.3. The van der Waals surface area contributed by atoms with E-state index < -0.39 is 0 Å². The van der Waals surface area contributed by atoms with E-state index >= 15 is 0 Å². The SMILES string of the molecule is C/C(C=O)=C\c1csc(=O)[nH]1. The Hall–Kier alpha value is -1.16. The molecule has 0 saturated carbocycles. The van der Waals surface area contributed by atoms with Crippen molar-refractivity contribution in [3.8, 4) is 0 Å². The Morgan fingerprint density at radius 1 is 1.73 bits per heavy atom. The summed E-state index contributed by atoms with van der Waals surface area (Å²) in [6, 6.07) is 0. The van der Waals surface area contributed by atoms with Crippen LogP contribution >= 0.6 is 11.3 Å². The van der Waals surface area contributed by atoms with Gasteiger partial charge in [-0.25, -0.2) is 0 Å². The number of rotatable bonds is 2. The average Bonchev–Trinajstić information content (AvgIpc) is 2.35. The van der Waals surface area contributed by atoms with Crippen LogP contribution in [0, 0.1) is 0 Å². The van der Waals surface area contributed by atoms with Gasteiger partial charge in [0.25, 0.3) is 0 Å². The largest absolute Gasteiger partial charge is 0.313 e. The van der Waals surface area contributed by atoms with Gasteiger partial charge in [0.1, 0.15) is 6.29 Å². The first kappa shape index (κ1) is 7.94. The highest BCUT2D eigenvalue weighted by Crippen LogP contribution is 2.01. The number of hydrogen-bond donors (Lipinski definition) is 1. The first-order valence-corrected chi connectivity index (χ1v) is 3.91. The van der Waals surface area contributed by atoms with E-state index in [-0.39, 0.29) is 4.87 Å². The predicted octanol–water partition coefficient (Wildman–Crippen LogP) is 1.04. The van der Waals surface area contributed by atoms with Gasteiger partial charge in [-0.2, -0.15) is 0 Å². The van der Waals surface area contributed by atoms with Gasteiger partial charge in [-0.05, 0) is 18.6 Å². The third-order valence-corrected chi connectivity index (χ3v) is 1.80. The molecule has 0 radical (unpaired) electrons. The molecule has 3 nitrogen and oxygen atoms in total. The van der Waals surface area contributed by atoms with Gasteiger partial charge in [0.2, 0.25) is 0 Å². The smallest absolute Gasteiger partial charge is 0.304 e. The molecule has 1 aromatic rings. The Bertz CT molecular complexity index is 334.